The molecule has 196 valence electrons. The fourth-order valence-corrected chi connectivity index (χ4v) is 7.23. The maximum Gasteiger partial charge on any atom is 0.218 e. The first-order valence-corrected chi connectivity index (χ1v) is 14.8. The quantitative estimate of drug-likeness (QED) is 0.384. The van der Waals surface area contributed by atoms with Crippen LogP contribution < -0.4 is 14.4 Å². The molecule has 0 unspecified atom stereocenters. The predicted molar refractivity (Wildman–Crippen MR) is 148 cm³/mol. The van der Waals surface area contributed by atoms with Crippen LogP contribution in [-0.2, 0) is 22.2 Å². The Morgan fingerprint density at radius 3 is 2.19 bits per heavy atom. The molecule has 1 aliphatic carbocycles. The van der Waals surface area contributed by atoms with Gasteiger partial charge in [-0.3, -0.25) is 0 Å². The van der Waals surface area contributed by atoms with Crippen LogP contribution in [0.15, 0.2) is 78.9 Å². The lowest BCUT2D eigenvalue weighted by molar-refractivity contribution is 0.200. The van der Waals surface area contributed by atoms with E-state index >= 15 is 0 Å². The van der Waals surface area contributed by atoms with Gasteiger partial charge in [0.25, 0.3) is 0 Å². The van der Waals surface area contributed by atoms with Crippen LogP contribution in [0.2, 0.25) is 0 Å². The fourth-order valence-electron chi connectivity index (χ4n) is 5.50. The molecule has 0 radical (unpaired) electrons. The third kappa shape index (κ3) is 6.28. The first-order chi connectivity index (χ1) is 18.0. The van der Waals surface area contributed by atoms with Crippen LogP contribution >= 0.6 is 0 Å². The Balaban J connectivity index is 1.39. The molecule has 1 saturated carbocycles. The fraction of sp³-hybridized carbons (Fsp3) is 0.400. The SMILES string of the molecule is COc1ccc(N2CCN(S(=O)(=O)Cc3ccccc3)[C@@H](Cc3ccccc3)C2)cc1OC1CCCC1. The smallest absolute Gasteiger partial charge is 0.218 e. The minimum absolute atomic E-state index is 0.0149. The number of hydrogen-bond acceptors (Lipinski definition) is 5. The van der Waals surface area contributed by atoms with Gasteiger partial charge in [-0.2, -0.15) is 4.31 Å². The molecule has 37 heavy (non-hydrogen) atoms. The number of benzene rings is 3. The van der Waals surface area contributed by atoms with Crippen LogP contribution in [0.1, 0.15) is 36.8 Å². The van der Waals surface area contributed by atoms with Crippen LogP contribution in [0.25, 0.3) is 0 Å². The zero-order chi connectivity index (χ0) is 25.7. The lowest BCUT2D eigenvalue weighted by atomic mass is 10.0. The van der Waals surface area contributed by atoms with Gasteiger partial charge >= 0.3 is 0 Å². The summed E-state index contributed by atoms with van der Waals surface area (Å²) in [5.74, 6) is 1.52. The lowest BCUT2D eigenvalue weighted by Gasteiger charge is -2.42. The van der Waals surface area contributed by atoms with Crippen molar-refractivity contribution < 1.29 is 17.9 Å². The number of methoxy groups -OCH3 is 1. The summed E-state index contributed by atoms with van der Waals surface area (Å²) in [5, 5.41) is 0. The van der Waals surface area contributed by atoms with Crippen LogP contribution in [-0.4, -0.2) is 51.6 Å². The molecule has 2 fully saturated rings. The molecule has 0 N–H and O–H groups in total. The molecule has 1 saturated heterocycles. The highest BCUT2D eigenvalue weighted by Crippen LogP contribution is 2.36. The molecule has 5 rings (SSSR count). The van der Waals surface area contributed by atoms with Gasteiger partial charge in [0.15, 0.2) is 11.5 Å². The highest BCUT2D eigenvalue weighted by Gasteiger charge is 2.35. The second-order valence-electron chi connectivity index (χ2n) is 10.0. The number of piperazine rings is 1. The minimum Gasteiger partial charge on any atom is -0.493 e. The van der Waals surface area contributed by atoms with E-state index in [9.17, 15) is 8.42 Å². The topological polar surface area (TPSA) is 59.1 Å². The van der Waals surface area contributed by atoms with Crippen molar-refractivity contribution in [2.24, 2.45) is 0 Å². The van der Waals surface area contributed by atoms with E-state index in [1.54, 1.807) is 11.4 Å². The standard InChI is InChI=1S/C30H36N2O4S/c1-35-29-17-16-26(21-30(29)36-28-14-8-9-15-28)31-18-19-32(27(22-31)20-24-10-4-2-5-11-24)37(33,34)23-25-12-6-3-7-13-25/h2-7,10-13,16-17,21,27-28H,8-9,14-15,18-20,22-23H2,1H3/t27-/m0/s1. The van der Waals surface area contributed by atoms with Gasteiger partial charge in [-0.05, 0) is 55.4 Å². The van der Waals surface area contributed by atoms with Crippen LogP contribution in [0.4, 0.5) is 5.69 Å². The molecule has 0 aromatic heterocycles. The Bertz CT molecular complexity index is 1260. The van der Waals surface area contributed by atoms with E-state index in [4.69, 9.17) is 9.47 Å². The Hall–Kier alpha value is -3.03. The van der Waals surface area contributed by atoms with E-state index < -0.39 is 10.0 Å². The van der Waals surface area contributed by atoms with Gasteiger partial charge in [-0.15, -0.1) is 0 Å². The van der Waals surface area contributed by atoms with Crippen molar-refractivity contribution in [1.82, 2.24) is 4.31 Å². The molecule has 6 nitrogen and oxygen atoms in total. The molecule has 3 aromatic rings. The highest BCUT2D eigenvalue weighted by molar-refractivity contribution is 7.88. The van der Waals surface area contributed by atoms with Crippen molar-refractivity contribution in [3.05, 3.63) is 90.0 Å². The first kappa shape index (κ1) is 25.6. The maximum absolute atomic E-state index is 13.6. The Morgan fingerprint density at radius 2 is 1.51 bits per heavy atom. The summed E-state index contributed by atoms with van der Waals surface area (Å²) in [4.78, 5) is 2.28. The molecule has 3 aromatic carbocycles. The van der Waals surface area contributed by atoms with Crippen molar-refractivity contribution in [3.8, 4) is 11.5 Å². The summed E-state index contributed by atoms with van der Waals surface area (Å²) in [7, 11) is -1.81. The largest absolute Gasteiger partial charge is 0.493 e. The predicted octanol–water partition coefficient (Wildman–Crippen LogP) is 5.28. The van der Waals surface area contributed by atoms with Crippen molar-refractivity contribution in [1.29, 1.82) is 0 Å². The van der Waals surface area contributed by atoms with E-state index in [1.807, 2.05) is 60.7 Å². The zero-order valence-electron chi connectivity index (χ0n) is 21.5. The van der Waals surface area contributed by atoms with E-state index in [-0.39, 0.29) is 17.9 Å². The van der Waals surface area contributed by atoms with Gasteiger partial charge in [0.05, 0.1) is 19.0 Å². The number of anilines is 1. The summed E-state index contributed by atoms with van der Waals surface area (Å²) in [6.07, 6.45) is 5.44. The van der Waals surface area contributed by atoms with Crippen LogP contribution in [0.3, 0.4) is 0 Å². The van der Waals surface area contributed by atoms with E-state index in [1.165, 1.54) is 12.8 Å². The Labute approximate surface area is 220 Å². The van der Waals surface area contributed by atoms with E-state index in [0.29, 0.717) is 26.1 Å². The molecule has 2 aliphatic rings. The average molecular weight is 521 g/mol. The molecule has 0 spiro atoms. The van der Waals surface area contributed by atoms with Crippen molar-refractivity contribution in [2.45, 2.75) is 50.0 Å². The lowest BCUT2D eigenvalue weighted by Crippen LogP contribution is -2.56. The molecular weight excluding hydrogens is 484 g/mol. The number of nitrogens with zero attached hydrogens (tertiary/aromatic N) is 2. The average Bonchev–Trinajstić information content (AvgIpc) is 3.42. The van der Waals surface area contributed by atoms with Crippen molar-refractivity contribution in [3.63, 3.8) is 0 Å². The second-order valence-corrected chi connectivity index (χ2v) is 11.9. The van der Waals surface area contributed by atoms with Crippen LogP contribution in [0, 0.1) is 0 Å². The van der Waals surface area contributed by atoms with Gasteiger partial charge in [-0.1, -0.05) is 60.7 Å². The third-order valence-corrected chi connectivity index (χ3v) is 9.29. The normalized spacial score (nSPS) is 19.2. The molecular formula is C30H36N2O4S. The summed E-state index contributed by atoms with van der Waals surface area (Å²) in [6.45, 7) is 1.67. The molecule has 0 amide bonds. The number of sulfonamides is 1. The maximum atomic E-state index is 13.6. The van der Waals surface area contributed by atoms with Crippen molar-refractivity contribution in [2.75, 3.05) is 31.6 Å². The third-order valence-electron chi connectivity index (χ3n) is 7.40. The highest BCUT2D eigenvalue weighted by atomic mass is 32.2. The summed E-state index contributed by atoms with van der Waals surface area (Å²) in [5.41, 5.74) is 2.98. The van der Waals surface area contributed by atoms with Gasteiger partial charge in [0.2, 0.25) is 10.0 Å². The first-order valence-electron chi connectivity index (χ1n) is 13.2. The number of rotatable bonds is 9. The van der Waals surface area contributed by atoms with E-state index in [2.05, 4.69) is 23.1 Å². The molecule has 7 heteroatoms. The summed E-state index contributed by atoms with van der Waals surface area (Å²) < 4.78 is 40.8. The van der Waals surface area contributed by atoms with Gasteiger partial charge in [-0.25, -0.2) is 8.42 Å². The number of hydrogen-bond donors (Lipinski definition) is 0. The second kappa shape index (κ2) is 11.6. The molecule has 0 bridgehead atoms. The Kier molecular flexibility index (Phi) is 8.01. The minimum atomic E-state index is -3.48. The number of ether oxygens (including phenoxy) is 2. The monoisotopic (exact) mass is 520 g/mol. The summed E-state index contributed by atoms with van der Waals surface area (Å²) >= 11 is 0. The summed E-state index contributed by atoms with van der Waals surface area (Å²) in [6, 6.07) is 25.5. The van der Waals surface area contributed by atoms with E-state index in [0.717, 1.165) is 41.2 Å². The molecule has 1 aliphatic heterocycles. The molecule has 1 atom stereocenters. The zero-order valence-corrected chi connectivity index (χ0v) is 22.3. The van der Waals surface area contributed by atoms with Gasteiger partial charge < -0.3 is 14.4 Å². The molecule has 1 heterocycles. The van der Waals surface area contributed by atoms with Crippen LogP contribution in [0.5, 0.6) is 11.5 Å². The van der Waals surface area contributed by atoms with Crippen molar-refractivity contribution >= 4 is 15.7 Å². The van der Waals surface area contributed by atoms with Gasteiger partial charge in [0, 0.05) is 37.4 Å². The van der Waals surface area contributed by atoms with Gasteiger partial charge in [0.1, 0.15) is 0 Å². The Morgan fingerprint density at radius 1 is 0.838 bits per heavy atom.